The predicted molar refractivity (Wildman–Crippen MR) is 179 cm³/mol. The molecule has 47 heavy (non-hydrogen) atoms. The van der Waals surface area contributed by atoms with Crippen molar-refractivity contribution < 1.29 is 9.59 Å². The predicted octanol–water partition coefficient (Wildman–Crippen LogP) is 6.82. The fourth-order valence-corrected chi connectivity index (χ4v) is 8.74. The van der Waals surface area contributed by atoms with Crippen molar-refractivity contribution in [2.24, 2.45) is 5.41 Å². The van der Waals surface area contributed by atoms with Crippen molar-refractivity contribution in [1.82, 2.24) is 19.7 Å². The molecule has 0 radical (unpaired) electrons. The van der Waals surface area contributed by atoms with Gasteiger partial charge in [-0.1, -0.05) is 84.9 Å². The number of anilines is 1. The van der Waals surface area contributed by atoms with Gasteiger partial charge in [0.05, 0.1) is 17.5 Å². The molecule has 2 fully saturated rings. The number of nitriles is 1. The minimum Gasteiger partial charge on any atom is -0.360 e. The molecule has 6 aromatic rings. The first-order valence-electron chi connectivity index (χ1n) is 16.0. The molecule has 0 saturated carbocycles. The van der Waals surface area contributed by atoms with Crippen LogP contribution < -0.4 is 5.32 Å². The van der Waals surface area contributed by atoms with E-state index in [9.17, 15) is 10.1 Å². The monoisotopic (exact) mass is 614 g/mol. The number of hydrogen-bond acceptors (Lipinski definition) is 5. The highest BCUT2D eigenvalue weighted by molar-refractivity contribution is 6.15. The third kappa shape index (κ3) is 3.57. The number of ketones is 1. The van der Waals surface area contributed by atoms with Gasteiger partial charge in [-0.3, -0.25) is 14.5 Å². The number of benzene rings is 4. The fourth-order valence-electron chi connectivity index (χ4n) is 8.74. The Balaban J connectivity index is 1.40. The Morgan fingerprint density at radius 3 is 2.45 bits per heavy atom. The van der Waals surface area contributed by atoms with Gasteiger partial charge in [-0.25, -0.2) is 4.68 Å². The van der Waals surface area contributed by atoms with Crippen LogP contribution >= 0.6 is 0 Å². The van der Waals surface area contributed by atoms with Crippen LogP contribution in [0.3, 0.4) is 0 Å². The lowest BCUT2D eigenvalue weighted by atomic mass is 9.60. The molecule has 0 bridgehead atoms. The molecule has 4 aromatic carbocycles. The number of Topliss-reactive ketones (excluding diaryl/α,β-unsaturated/α-hetero) is 1. The van der Waals surface area contributed by atoms with Gasteiger partial charge in [0.1, 0.15) is 11.0 Å². The highest BCUT2D eigenvalue weighted by Gasteiger charge is 2.76. The summed E-state index contributed by atoms with van der Waals surface area (Å²) in [6, 6.07) is 37.2. The van der Waals surface area contributed by atoms with Gasteiger partial charge >= 0.3 is 0 Å². The van der Waals surface area contributed by atoms with E-state index in [1.54, 1.807) is 6.20 Å². The summed E-state index contributed by atoms with van der Waals surface area (Å²) in [5.41, 5.74) is 2.85. The van der Waals surface area contributed by atoms with Crippen LogP contribution in [-0.2, 0) is 10.3 Å². The summed E-state index contributed by atoms with van der Waals surface area (Å²) >= 11 is 0. The van der Waals surface area contributed by atoms with E-state index in [2.05, 4.69) is 21.3 Å². The second-order valence-electron chi connectivity index (χ2n) is 12.7. The Morgan fingerprint density at radius 1 is 0.915 bits per heavy atom. The second-order valence-corrected chi connectivity index (χ2v) is 12.7. The summed E-state index contributed by atoms with van der Waals surface area (Å²) in [5, 5.41) is 20.7. The van der Waals surface area contributed by atoms with Gasteiger partial charge in [0, 0.05) is 63.2 Å². The normalized spacial score (nSPS) is 24.7. The number of H-pyrrole nitrogens is 1. The zero-order chi connectivity index (χ0) is 31.8. The molecule has 2 saturated heterocycles. The quantitative estimate of drug-likeness (QED) is 0.207. The van der Waals surface area contributed by atoms with Crippen molar-refractivity contribution in [3.63, 3.8) is 0 Å². The number of aromatic amines is 1. The van der Waals surface area contributed by atoms with Crippen LogP contribution in [0.25, 0.3) is 27.8 Å². The number of rotatable bonds is 5. The van der Waals surface area contributed by atoms with E-state index in [1.807, 2.05) is 120 Å². The summed E-state index contributed by atoms with van der Waals surface area (Å²) in [7, 11) is 0. The Morgan fingerprint density at radius 2 is 1.64 bits per heavy atom. The van der Waals surface area contributed by atoms with E-state index >= 15 is 4.79 Å². The third-order valence-corrected chi connectivity index (χ3v) is 10.6. The molecule has 1 amide bonds. The number of nitrogens with one attached hydrogen (secondary N) is 2. The molecule has 2 aromatic heterocycles. The topological polar surface area (TPSA) is 107 Å². The van der Waals surface area contributed by atoms with Gasteiger partial charge < -0.3 is 10.3 Å². The molecule has 0 aliphatic carbocycles. The summed E-state index contributed by atoms with van der Waals surface area (Å²) in [6.07, 6.45) is 5.05. The zero-order valence-electron chi connectivity index (χ0n) is 25.4. The molecule has 8 nitrogen and oxygen atoms in total. The number of amides is 1. The number of hydrogen-bond donors (Lipinski definition) is 2. The second kappa shape index (κ2) is 10.1. The molecule has 3 aliphatic heterocycles. The zero-order valence-corrected chi connectivity index (χ0v) is 25.4. The highest BCUT2D eigenvalue weighted by Crippen LogP contribution is 2.67. The molecule has 228 valence electrons. The van der Waals surface area contributed by atoms with Crippen LogP contribution in [0.4, 0.5) is 5.69 Å². The van der Waals surface area contributed by atoms with Crippen molar-refractivity contribution in [2.75, 3.05) is 11.9 Å². The standard InChI is InChI=1S/C39H30N6O2/c40-24-38(36(46)28-22-41-31-18-9-7-16-27(28)31)33-20-11-21-44(33)39(30-17-8-10-19-32(30)42-37(39)47)35(38)29-23-45(26-14-5-2-6-15-26)43-34(29)25-12-3-1-4-13-25/h1-10,12-19,22-23,33,35,41H,11,20-21H2,(H,42,47)/t33?,35-,38+,39+/m1/s1. The minimum atomic E-state index is -1.62. The molecule has 5 heterocycles. The molecular formula is C39H30N6O2. The molecule has 4 atom stereocenters. The van der Waals surface area contributed by atoms with Crippen molar-refractivity contribution in [3.05, 3.63) is 138 Å². The van der Waals surface area contributed by atoms with E-state index in [1.165, 1.54) is 0 Å². The molecule has 2 N–H and O–H groups in total. The van der Waals surface area contributed by atoms with E-state index in [-0.39, 0.29) is 11.7 Å². The van der Waals surface area contributed by atoms with Gasteiger partial charge in [0.25, 0.3) is 0 Å². The first-order valence-corrected chi connectivity index (χ1v) is 16.0. The first-order chi connectivity index (χ1) is 23.1. The number of nitrogens with zero attached hydrogens (tertiary/aromatic N) is 4. The van der Waals surface area contributed by atoms with Crippen molar-refractivity contribution >= 4 is 28.3 Å². The Hall–Kier alpha value is -5.78. The molecule has 1 spiro atoms. The Labute approximate surface area is 271 Å². The Bertz CT molecular complexity index is 2250. The van der Waals surface area contributed by atoms with Gasteiger partial charge in [0.2, 0.25) is 5.91 Å². The summed E-state index contributed by atoms with van der Waals surface area (Å²) in [6.45, 7) is 0.584. The number of carbonyl (C=O) groups is 2. The van der Waals surface area contributed by atoms with Crippen molar-refractivity contribution in [2.45, 2.75) is 30.3 Å². The Kier molecular flexibility index (Phi) is 5.92. The summed E-state index contributed by atoms with van der Waals surface area (Å²) in [5.74, 6) is -1.38. The van der Waals surface area contributed by atoms with E-state index in [0.29, 0.717) is 35.5 Å². The largest absolute Gasteiger partial charge is 0.360 e. The maximum atomic E-state index is 15.5. The molecule has 9 rings (SSSR count). The number of aromatic nitrogens is 3. The lowest BCUT2D eigenvalue weighted by Crippen LogP contribution is -2.50. The lowest BCUT2D eigenvalue weighted by Gasteiger charge is -2.38. The van der Waals surface area contributed by atoms with Crippen LogP contribution in [0, 0.1) is 16.7 Å². The van der Waals surface area contributed by atoms with Crippen molar-refractivity contribution in [3.8, 4) is 23.0 Å². The lowest BCUT2D eigenvalue weighted by molar-refractivity contribution is -0.127. The molecule has 8 heteroatoms. The summed E-state index contributed by atoms with van der Waals surface area (Å²) in [4.78, 5) is 35.7. The van der Waals surface area contributed by atoms with Crippen LogP contribution in [0.15, 0.2) is 122 Å². The molecular weight excluding hydrogens is 584 g/mol. The highest BCUT2D eigenvalue weighted by atomic mass is 16.2. The van der Waals surface area contributed by atoms with Crippen LogP contribution in [0.2, 0.25) is 0 Å². The third-order valence-electron chi connectivity index (χ3n) is 10.6. The van der Waals surface area contributed by atoms with E-state index in [4.69, 9.17) is 5.10 Å². The average Bonchev–Trinajstić information content (AvgIpc) is 3.94. The maximum Gasteiger partial charge on any atom is 0.250 e. The first kappa shape index (κ1) is 27.5. The molecule has 1 unspecified atom stereocenters. The van der Waals surface area contributed by atoms with Gasteiger partial charge in [0.15, 0.2) is 5.78 Å². The minimum absolute atomic E-state index is 0.217. The maximum absolute atomic E-state index is 15.5. The number of para-hydroxylation sites is 3. The van der Waals surface area contributed by atoms with Crippen LogP contribution in [-0.4, -0.2) is 43.9 Å². The van der Waals surface area contributed by atoms with Crippen LogP contribution in [0.5, 0.6) is 0 Å². The van der Waals surface area contributed by atoms with Gasteiger partial charge in [-0.15, -0.1) is 0 Å². The van der Waals surface area contributed by atoms with Crippen LogP contribution in [0.1, 0.15) is 40.2 Å². The van der Waals surface area contributed by atoms with Crippen molar-refractivity contribution in [1.29, 1.82) is 5.26 Å². The fraction of sp³-hybridized carbons (Fsp3) is 0.179. The number of fused-ring (bicyclic) bond motifs is 5. The van der Waals surface area contributed by atoms with E-state index < -0.39 is 22.9 Å². The van der Waals surface area contributed by atoms with Gasteiger partial charge in [-0.05, 0) is 43.7 Å². The van der Waals surface area contributed by atoms with Gasteiger partial charge in [-0.2, -0.15) is 10.4 Å². The smallest absolute Gasteiger partial charge is 0.250 e. The molecule has 3 aliphatic rings. The van der Waals surface area contributed by atoms with E-state index in [0.717, 1.165) is 34.1 Å². The number of carbonyl (C=O) groups excluding carboxylic acids is 2. The average molecular weight is 615 g/mol. The SMILES string of the molecule is N#C[C@]1(C(=O)c2c[nH]c3ccccc23)C2CCCN2[C@]2(C(=O)Nc3ccccc32)[C@@H]1c1cn(-c2ccccc2)nc1-c1ccccc1. The summed E-state index contributed by atoms with van der Waals surface area (Å²) < 4.78 is 1.81.